The summed E-state index contributed by atoms with van der Waals surface area (Å²) in [6, 6.07) is 3.82. The van der Waals surface area contributed by atoms with Crippen LogP contribution in [0.15, 0.2) is 24.5 Å². The zero-order valence-electron chi connectivity index (χ0n) is 10.1. The van der Waals surface area contributed by atoms with Gasteiger partial charge in [0.25, 0.3) is 0 Å². The Morgan fingerprint density at radius 1 is 1.56 bits per heavy atom. The molecular weight excluding hydrogens is 204 g/mol. The van der Waals surface area contributed by atoms with Gasteiger partial charge in [0.2, 0.25) is 0 Å². The predicted octanol–water partition coefficient (Wildman–Crippen LogP) is 1.94. The van der Waals surface area contributed by atoms with Gasteiger partial charge in [-0.25, -0.2) is 0 Å². The quantitative estimate of drug-likeness (QED) is 0.845. The summed E-state index contributed by atoms with van der Waals surface area (Å²) in [5.41, 5.74) is 0.120. The molecular formula is C12H18N2O2. The molecule has 0 aliphatic carbocycles. The Morgan fingerprint density at radius 2 is 2.19 bits per heavy atom. The molecule has 0 aliphatic rings. The van der Waals surface area contributed by atoms with E-state index >= 15 is 0 Å². The minimum absolute atomic E-state index is 0.0137. The SMILES string of the molecule is CC(c1cccnc1)N(C)C(C)(C)C(=O)O. The number of hydrogen-bond acceptors (Lipinski definition) is 3. The molecule has 0 saturated carbocycles. The minimum Gasteiger partial charge on any atom is -0.480 e. The zero-order valence-corrected chi connectivity index (χ0v) is 10.1. The molecule has 0 radical (unpaired) electrons. The van der Waals surface area contributed by atoms with E-state index in [9.17, 15) is 4.79 Å². The third-order valence-corrected chi connectivity index (χ3v) is 3.15. The molecule has 4 heteroatoms. The lowest BCUT2D eigenvalue weighted by molar-refractivity contribution is -0.149. The Labute approximate surface area is 95.9 Å². The summed E-state index contributed by atoms with van der Waals surface area (Å²) < 4.78 is 0. The van der Waals surface area contributed by atoms with Gasteiger partial charge in [-0.3, -0.25) is 14.7 Å². The van der Waals surface area contributed by atoms with Crippen molar-refractivity contribution in [1.29, 1.82) is 0 Å². The number of carboxylic acids is 1. The van der Waals surface area contributed by atoms with E-state index in [0.29, 0.717) is 0 Å². The van der Waals surface area contributed by atoms with Gasteiger partial charge in [0.1, 0.15) is 5.54 Å². The number of carbonyl (C=O) groups is 1. The number of nitrogens with zero attached hydrogens (tertiary/aromatic N) is 2. The van der Waals surface area contributed by atoms with Gasteiger partial charge in [-0.15, -0.1) is 0 Å². The molecule has 1 N–H and O–H groups in total. The lowest BCUT2D eigenvalue weighted by atomic mass is 9.99. The van der Waals surface area contributed by atoms with E-state index in [2.05, 4.69) is 4.98 Å². The van der Waals surface area contributed by atoms with Crippen molar-refractivity contribution in [3.8, 4) is 0 Å². The van der Waals surface area contributed by atoms with Gasteiger partial charge in [0.05, 0.1) is 0 Å². The number of carboxylic acid groups (broad SMARTS) is 1. The van der Waals surface area contributed by atoms with Crippen LogP contribution >= 0.6 is 0 Å². The first-order chi connectivity index (χ1) is 7.37. The molecule has 0 fully saturated rings. The van der Waals surface area contributed by atoms with Crippen molar-refractivity contribution in [3.05, 3.63) is 30.1 Å². The summed E-state index contributed by atoms with van der Waals surface area (Å²) in [5, 5.41) is 9.15. The second-order valence-corrected chi connectivity index (χ2v) is 4.44. The first kappa shape index (κ1) is 12.6. The number of rotatable bonds is 4. The van der Waals surface area contributed by atoms with Gasteiger partial charge in [0, 0.05) is 18.4 Å². The first-order valence-electron chi connectivity index (χ1n) is 5.23. The molecule has 88 valence electrons. The van der Waals surface area contributed by atoms with Crippen LogP contribution in [-0.2, 0) is 4.79 Å². The van der Waals surface area contributed by atoms with Crippen LogP contribution in [0.5, 0.6) is 0 Å². The van der Waals surface area contributed by atoms with E-state index in [0.717, 1.165) is 5.56 Å². The molecule has 0 amide bonds. The van der Waals surface area contributed by atoms with Gasteiger partial charge in [-0.2, -0.15) is 0 Å². The van der Waals surface area contributed by atoms with E-state index in [4.69, 9.17) is 5.11 Å². The maximum absolute atomic E-state index is 11.1. The second-order valence-electron chi connectivity index (χ2n) is 4.44. The van der Waals surface area contributed by atoms with Crippen molar-refractivity contribution >= 4 is 5.97 Å². The topological polar surface area (TPSA) is 53.4 Å². The highest BCUT2D eigenvalue weighted by atomic mass is 16.4. The fraction of sp³-hybridized carbons (Fsp3) is 0.500. The molecule has 1 heterocycles. The van der Waals surface area contributed by atoms with Crippen molar-refractivity contribution in [2.75, 3.05) is 7.05 Å². The van der Waals surface area contributed by atoms with Crippen molar-refractivity contribution in [1.82, 2.24) is 9.88 Å². The van der Waals surface area contributed by atoms with Gasteiger partial charge >= 0.3 is 5.97 Å². The van der Waals surface area contributed by atoms with Crippen LogP contribution in [0.4, 0.5) is 0 Å². The number of likely N-dealkylation sites (N-methyl/N-ethyl adjacent to an activating group) is 1. The van der Waals surface area contributed by atoms with Crippen molar-refractivity contribution in [2.45, 2.75) is 32.4 Å². The Balaban J connectivity index is 2.91. The van der Waals surface area contributed by atoms with Gasteiger partial charge < -0.3 is 5.11 Å². The maximum Gasteiger partial charge on any atom is 0.323 e. The number of pyridine rings is 1. The van der Waals surface area contributed by atoms with E-state index in [1.54, 1.807) is 26.2 Å². The molecule has 1 rings (SSSR count). The number of hydrogen-bond donors (Lipinski definition) is 1. The fourth-order valence-corrected chi connectivity index (χ4v) is 1.48. The normalized spacial score (nSPS) is 13.8. The first-order valence-corrected chi connectivity index (χ1v) is 5.23. The van der Waals surface area contributed by atoms with E-state index in [-0.39, 0.29) is 6.04 Å². The maximum atomic E-state index is 11.1. The molecule has 0 spiro atoms. The molecule has 0 bridgehead atoms. The molecule has 1 unspecified atom stereocenters. The van der Waals surface area contributed by atoms with Gasteiger partial charge in [-0.05, 0) is 39.4 Å². The van der Waals surface area contributed by atoms with E-state index < -0.39 is 11.5 Å². The average molecular weight is 222 g/mol. The molecule has 4 nitrogen and oxygen atoms in total. The average Bonchev–Trinajstić information content (AvgIpc) is 2.28. The highest BCUT2D eigenvalue weighted by Gasteiger charge is 2.35. The van der Waals surface area contributed by atoms with Gasteiger partial charge in [0.15, 0.2) is 0 Å². The second kappa shape index (κ2) is 4.61. The lowest BCUT2D eigenvalue weighted by Gasteiger charge is -2.36. The summed E-state index contributed by atoms with van der Waals surface area (Å²) >= 11 is 0. The third kappa shape index (κ3) is 2.39. The smallest absolute Gasteiger partial charge is 0.323 e. The van der Waals surface area contributed by atoms with Crippen molar-refractivity contribution in [3.63, 3.8) is 0 Å². The Hall–Kier alpha value is -1.42. The van der Waals surface area contributed by atoms with Crippen LogP contribution < -0.4 is 0 Å². The fourth-order valence-electron chi connectivity index (χ4n) is 1.48. The van der Waals surface area contributed by atoms with Crippen LogP contribution in [0.2, 0.25) is 0 Å². The summed E-state index contributed by atoms with van der Waals surface area (Å²) in [6.07, 6.45) is 3.47. The number of aromatic nitrogens is 1. The highest BCUT2D eigenvalue weighted by molar-refractivity contribution is 5.77. The zero-order chi connectivity index (χ0) is 12.3. The van der Waals surface area contributed by atoms with Crippen LogP contribution in [0.25, 0.3) is 0 Å². The van der Waals surface area contributed by atoms with Crippen LogP contribution in [-0.4, -0.2) is 33.5 Å². The molecule has 1 aromatic heterocycles. The Kier molecular flexibility index (Phi) is 3.65. The van der Waals surface area contributed by atoms with Crippen molar-refractivity contribution < 1.29 is 9.90 Å². The monoisotopic (exact) mass is 222 g/mol. The minimum atomic E-state index is -0.894. The lowest BCUT2D eigenvalue weighted by Crippen LogP contribution is -2.48. The molecule has 0 aromatic carbocycles. The standard InChI is InChI=1S/C12H18N2O2/c1-9(10-6-5-7-13-8-10)14(4)12(2,3)11(15)16/h5-9H,1-4H3,(H,15,16). The summed E-state index contributed by atoms with van der Waals surface area (Å²) in [6.45, 7) is 5.37. The largest absolute Gasteiger partial charge is 0.480 e. The Morgan fingerprint density at radius 3 is 2.62 bits per heavy atom. The molecule has 0 aliphatic heterocycles. The summed E-state index contributed by atoms with van der Waals surface area (Å²) in [7, 11) is 1.81. The third-order valence-electron chi connectivity index (χ3n) is 3.15. The van der Waals surface area contributed by atoms with Crippen molar-refractivity contribution in [2.24, 2.45) is 0 Å². The van der Waals surface area contributed by atoms with E-state index in [1.165, 1.54) is 0 Å². The summed E-state index contributed by atoms with van der Waals surface area (Å²) in [5.74, 6) is -0.828. The molecule has 0 saturated heterocycles. The van der Waals surface area contributed by atoms with E-state index in [1.807, 2.05) is 31.0 Å². The van der Waals surface area contributed by atoms with Crippen LogP contribution in [0.1, 0.15) is 32.4 Å². The summed E-state index contributed by atoms with van der Waals surface area (Å²) in [4.78, 5) is 17.0. The highest BCUT2D eigenvalue weighted by Crippen LogP contribution is 2.25. The van der Waals surface area contributed by atoms with Gasteiger partial charge in [-0.1, -0.05) is 6.07 Å². The molecule has 16 heavy (non-hydrogen) atoms. The molecule has 1 atom stereocenters. The van der Waals surface area contributed by atoms with Crippen LogP contribution in [0.3, 0.4) is 0 Å². The predicted molar refractivity (Wildman–Crippen MR) is 62.1 cm³/mol. The molecule has 1 aromatic rings. The number of aliphatic carboxylic acids is 1. The Bertz CT molecular complexity index is 363. The van der Waals surface area contributed by atoms with Crippen LogP contribution in [0, 0.1) is 0 Å².